The highest BCUT2D eigenvalue weighted by molar-refractivity contribution is 5.88. The number of piperazine rings is 1. The van der Waals surface area contributed by atoms with E-state index in [0.717, 1.165) is 55.9 Å². The molecule has 1 unspecified atom stereocenters. The van der Waals surface area contributed by atoms with Gasteiger partial charge in [0.15, 0.2) is 0 Å². The lowest BCUT2D eigenvalue weighted by atomic mass is 9.76. The van der Waals surface area contributed by atoms with Crippen molar-refractivity contribution in [2.75, 3.05) is 37.6 Å². The molecule has 2 aliphatic rings. The van der Waals surface area contributed by atoms with Gasteiger partial charge in [-0.25, -0.2) is 0 Å². The number of aromatic nitrogens is 1. The number of fused-ring (bicyclic) bond motifs is 2. The summed E-state index contributed by atoms with van der Waals surface area (Å²) in [5.74, 6) is 0.912. The van der Waals surface area contributed by atoms with Gasteiger partial charge in [-0.1, -0.05) is 63.2 Å². The molecule has 2 N–H and O–H groups in total. The third-order valence-electron chi connectivity index (χ3n) is 7.77. The van der Waals surface area contributed by atoms with E-state index < -0.39 is 0 Å². The van der Waals surface area contributed by atoms with Crippen LogP contribution in [0.2, 0.25) is 0 Å². The summed E-state index contributed by atoms with van der Waals surface area (Å²) in [4.78, 5) is 4.89. The van der Waals surface area contributed by atoms with Gasteiger partial charge in [0.1, 0.15) is 5.52 Å². The molecule has 3 aromatic rings. The molecule has 0 radical (unpaired) electrons. The van der Waals surface area contributed by atoms with Crippen molar-refractivity contribution in [3.05, 3.63) is 59.2 Å². The zero-order valence-corrected chi connectivity index (χ0v) is 19.2. The minimum absolute atomic E-state index is 0.0142. The Morgan fingerprint density at radius 1 is 0.968 bits per heavy atom. The van der Waals surface area contributed by atoms with Crippen molar-refractivity contribution in [3.8, 4) is 0 Å². The highest BCUT2D eigenvalue weighted by Crippen LogP contribution is 2.48. The summed E-state index contributed by atoms with van der Waals surface area (Å²) in [6.07, 6.45) is 1.07. The first-order valence-electron chi connectivity index (χ1n) is 11.5. The van der Waals surface area contributed by atoms with Gasteiger partial charge in [-0.15, -0.1) is 0 Å². The van der Waals surface area contributed by atoms with Gasteiger partial charge >= 0.3 is 0 Å². The van der Waals surface area contributed by atoms with Crippen molar-refractivity contribution in [3.63, 3.8) is 0 Å². The lowest BCUT2D eigenvalue weighted by Crippen LogP contribution is -2.47. The van der Waals surface area contributed by atoms with E-state index >= 15 is 0 Å². The molecule has 5 rings (SSSR count). The van der Waals surface area contributed by atoms with E-state index in [1.54, 1.807) is 0 Å². The molecule has 1 fully saturated rings. The summed E-state index contributed by atoms with van der Waals surface area (Å²) in [5, 5.41) is 5.31. The first kappa shape index (κ1) is 20.5. The Balaban J connectivity index is 1.22. The van der Waals surface area contributed by atoms with Gasteiger partial charge in [-0.2, -0.15) is 0 Å². The van der Waals surface area contributed by atoms with E-state index in [0.29, 0.717) is 0 Å². The van der Waals surface area contributed by atoms with Crippen LogP contribution in [-0.2, 0) is 17.3 Å². The largest absolute Gasteiger partial charge is 0.338 e. The van der Waals surface area contributed by atoms with Crippen LogP contribution in [0.15, 0.2) is 47.0 Å². The SMILES string of the molecule is CC1(C)c2ccc(CCN3CCN(c4onc5ccccc45)CC3)cc2C(C)(C)C1N. The van der Waals surface area contributed by atoms with E-state index in [1.165, 1.54) is 16.7 Å². The van der Waals surface area contributed by atoms with Gasteiger partial charge in [0.2, 0.25) is 5.88 Å². The maximum atomic E-state index is 6.64. The summed E-state index contributed by atoms with van der Waals surface area (Å²) < 4.78 is 5.65. The number of rotatable bonds is 4. The van der Waals surface area contributed by atoms with Crippen LogP contribution in [0.4, 0.5) is 5.88 Å². The maximum absolute atomic E-state index is 6.64. The van der Waals surface area contributed by atoms with Crippen molar-refractivity contribution in [2.24, 2.45) is 5.73 Å². The molecule has 31 heavy (non-hydrogen) atoms. The van der Waals surface area contributed by atoms with E-state index in [1.807, 2.05) is 18.2 Å². The van der Waals surface area contributed by atoms with Crippen LogP contribution < -0.4 is 10.6 Å². The van der Waals surface area contributed by atoms with Crippen LogP contribution in [0.5, 0.6) is 0 Å². The molecule has 0 bridgehead atoms. The fourth-order valence-electron chi connectivity index (χ4n) is 5.64. The minimum Gasteiger partial charge on any atom is -0.338 e. The molecular weight excluding hydrogens is 384 g/mol. The Kier molecular flexibility index (Phi) is 4.87. The number of nitrogens with two attached hydrogens (primary N) is 1. The fraction of sp³-hybridized carbons (Fsp3) is 0.500. The third-order valence-corrected chi connectivity index (χ3v) is 7.77. The second-order valence-corrected chi connectivity index (χ2v) is 10.4. The normalized spacial score (nSPS) is 22.7. The fourth-order valence-corrected chi connectivity index (χ4v) is 5.64. The number of benzene rings is 2. The lowest BCUT2D eigenvalue weighted by Gasteiger charge is -2.34. The second-order valence-electron chi connectivity index (χ2n) is 10.4. The van der Waals surface area contributed by atoms with Crippen molar-refractivity contribution in [2.45, 2.75) is 51.0 Å². The quantitative estimate of drug-likeness (QED) is 0.692. The van der Waals surface area contributed by atoms with Gasteiger partial charge in [0.05, 0.1) is 5.39 Å². The molecule has 1 saturated heterocycles. The average Bonchev–Trinajstić information content (AvgIpc) is 3.26. The second kappa shape index (κ2) is 7.35. The van der Waals surface area contributed by atoms with Gasteiger partial charge in [0, 0.05) is 49.6 Å². The Hall–Kier alpha value is -2.37. The summed E-state index contributed by atoms with van der Waals surface area (Å²) in [7, 11) is 0. The molecule has 5 nitrogen and oxygen atoms in total. The van der Waals surface area contributed by atoms with E-state index in [-0.39, 0.29) is 16.9 Å². The highest BCUT2D eigenvalue weighted by Gasteiger charge is 2.49. The Morgan fingerprint density at radius 2 is 1.68 bits per heavy atom. The molecule has 164 valence electrons. The highest BCUT2D eigenvalue weighted by atomic mass is 16.5. The molecule has 1 aliphatic carbocycles. The molecule has 0 saturated carbocycles. The molecule has 0 spiro atoms. The van der Waals surface area contributed by atoms with Crippen LogP contribution in [0.3, 0.4) is 0 Å². The van der Waals surface area contributed by atoms with Crippen LogP contribution in [-0.4, -0.2) is 48.8 Å². The number of anilines is 1. The summed E-state index contributed by atoms with van der Waals surface area (Å²) in [6, 6.07) is 15.3. The predicted octanol–water partition coefficient (Wildman–Crippen LogP) is 4.09. The maximum Gasteiger partial charge on any atom is 0.235 e. The molecule has 2 aromatic carbocycles. The van der Waals surface area contributed by atoms with Crippen LogP contribution in [0.1, 0.15) is 44.4 Å². The zero-order valence-electron chi connectivity index (χ0n) is 19.2. The van der Waals surface area contributed by atoms with Gasteiger partial charge < -0.3 is 15.2 Å². The molecule has 1 atom stereocenters. The van der Waals surface area contributed by atoms with Crippen molar-refractivity contribution >= 4 is 16.8 Å². The van der Waals surface area contributed by atoms with Crippen LogP contribution in [0.25, 0.3) is 10.9 Å². The zero-order chi connectivity index (χ0) is 21.8. The number of hydrogen-bond acceptors (Lipinski definition) is 5. The van der Waals surface area contributed by atoms with Gasteiger partial charge in [-0.05, 0) is 35.2 Å². The summed E-state index contributed by atoms with van der Waals surface area (Å²) >= 11 is 0. The first-order valence-corrected chi connectivity index (χ1v) is 11.5. The van der Waals surface area contributed by atoms with Crippen LogP contribution >= 0.6 is 0 Å². The molecule has 5 heteroatoms. The average molecular weight is 419 g/mol. The summed E-state index contributed by atoms with van der Waals surface area (Å²) in [5.41, 5.74) is 11.9. The molecule has 0 amide bonds. The molecule has 1 aromatic heterocycles. The van der Waals surface area contributed by atoms with Crippen molar-refractivity contribution in [1.82, 2.24) is 10.1 Å². The van der Waals surface area contributed by atoms with Crippen molar-refractivity contribution < 1.29 is 4.52 Å². The van der Waals surface area contributed by atoms with E-state index in [9.17, 15) is 0 Å². The van der Waals surface area contributed by atoms with E-state index in [2.05, 4.69) is 66.9 Å². The van der Waals surface area contributed by atoms with Gasteiger partial charge in [-0.3, -0.25) is 4.90 Å². The Morgan fingerprint density at radius 3 is 2.45 bits per heavy atom. The third kappa shape index (κ3) is 3.35. The van der Waals surface area contributed by atoms with Crippen LogP contribution in [0, 0.1) is 0 Å². The molecule has 2 heterocycles. The monoisotopic (exact) mass is 418 g/mol. The standard InChI is InChI=1S/C26H34N4O/c1-25(2)20-10-9-18(17-21(20)26(3,4)24(25)27)11-12-29-13-15-30(16-14-29)23-19-7-5-6-8-22(19)28-31-23/h5-10,17,24H,11-16,27H2,1-4H3. The Bertz CT molecular complexity index is 1090. The first-order chi connectivity index (χ1) is 14.8. The summed E-state index contributed by atoms with van der Waals surface area (Å²) in [6.45, 7) is 14.3. The lowest BCUT2D eigenvalue weighted by molar-refractivity contribution is 0.254. The number of hydrogen-bond donors (Lipinski definition) is 1. The van der Waals surface area contributed by atoms with E-state index in [4.69, 9.17) is 10.3 Å². The topological polar surface area (TPSA) is 58.5 Å². The molecular formula is C26H34N4O. The van der Waals surface area contributed by atoms with Crippen molar-refractivity contribution in [1.29, 1.82) is 0 Å². The number of nitrogens with zero attached hydrogens (tertiary/aromatic N) is 3. The smallest absolute Gasteiger partial charge is 0.235 e. The minimum atomic E-state index is 0.0142. The van der Waals surface area contributed by atoms with Gasteiger partial charge in [0.25, 0.3) is 0 Å². The molecule has 1 aliphatic heterocycles. The predicted molar refractivity (Wildman–Crippen MR) is 127 cm³/mol. The Labute approximate surface area is 185 Å².